The summed E-state index contributed by atoms with van der Waals surface area (Å²) in [5, 5.41) is 0. The summed E-state index contributed by atoms with van der Waals surface area (Å²) in [6.45, 7) is 3.83. The van der Waals surface area contributed by atoms with Crippen molar-refractivity contribution >= 4 is 5.78 Å². The Bertz CT molecular complexity index is 765. The van der Waals surface area contributed by atoms with E-state index < -0.39 is 0 Å². The van der Waals surface area contributed by atoms with Crippen molar-refractivity contribution in [3.05, 3.63) is 83.1 Å². The Labute approximate surface area is 124 Å². The number of hydrogen-bond donors (Lipinski definition) is 0. The zero-order chi connectivity index (χ0) is 14.8. The maximum Gasteiger partial charge on any atom is 0.196 e. The van der Waals surface area contributed by atoms with E-state index >= 15 is 0 Å². The van der Waals surface area contributed by atoms with Gasteiger partial charge >= 0.3 is 0 Å². The van der Waals surface area contributed by atoms with Gasteiger partial charge in [0, 0.05) is 11.1 Å². The van der Waals surface area contributed by atoms with Crippen LogP contribution in [0.3, 0.4) is 0 Å². The highest BCUT2D eigenvalue weighted by Crippen LogP contribution is 2.26. The lowest BCUT2D eigenvalue weighted by Gasteiger charge is -1.99. The van der Waals surface area contributed by atoms with Gasteiger partial charge in [0.15, 0.2) is 5.78 Å². The van der Waals surface area contributed by atoms with Crippen molar-refractivity contribution < 1.29 is 9.21 Å². The molecule has 0 spiro atoms. The zero-order valence-corrected chi connectivity index (χ0v) is 12.1. The van der Waals surface area contributed by atoms with E-state index in [-0.39, 0.29) is 5.78 Å². The van der Waals surface area contributed by atoms with Gasteiger partial charge < -0.3 is 4.42 Å². The van der Waals surface area contributed by atoms with E-state index in [0.717, 1.165) is 16.9 Å². The van der Waals surface area contributed by atoms with E-state index in [9.17, 15) is 4.79 Å². The minimum absolute atomic E-state index is 0.00145. The fourth-order valence-electron chi connectivity index (χ4n) is 2.31. The molecule has 0 aliphatic rings. The van der Waals surface area contributed by atoms with Gasteiger partial charge in [0.25, 0.3) is 0 Å². The van der Waals surface area contributed by atoms with Crippen LogP contribution < -0.4 is 0 Å². The van der Waals surface area contributed by atoms with Crippen molar-refractivity contribution in [1.82, 2.24) is 0 Å². The molecule has 1 heterocycles. The minimum Gasteiger partial charge on any atom is -0.461 e. The van der Waals surface area contributed by atoms with Crippen molar-refractivity contribution in [3.63, 3.8) is 0 Å². The number of ketones is 1. The molecule has 3 rings (SSSR count). The fraction of sp³-hybridized carbons (Fsp3) is 0.105. The third-order valence-corrected chi connectivity index (χ3v) is 3.53. The molecule has 0 atom stereocenters. The summed E-state index contributed by atoms with van der Waals surface area (Å²) in [5.74, 6) is 1.38. The predicted molar refractivity (Wildman–Crippen MR) is 83.5 cm³/mol. The number of benzene rings is 2. The Hall–Kier alpha value is -2.61. The van der Waals surface area contributed by atoms with Gasteiger partial charge in [-0.15, -0.1) is 0 Å². The predicted octanol–water partition coefficient (Wildman–Crippen LogP) is 4.79. The highest BCUT2D eigenvalue weighted by Gasteiger charge is 2.17. The summed E-state index contributed by atoms with van der Waals surface area (Å²) in [6, 6.07) is 19.2. The van der Waals surface area contributed by atoms with Gasteiger partial charge in [-0.05, 0) is 19.9 Å². The normalized spacial score (nSPS) is 10.6. The highest BCUT2D eigenvalue weighted by molar-refractivity contribution is 6.10. The number of carbonyl (C=O) groups excluding carboxylic acids is 1. The van der Waals surface area contributed by atoms with E-state index in [1.807, 2.05) is 74.5 Å². The Morgan fingerprint density at radius 1 is 0.905 bits per heavy atom. The van der Waals surface area contributed by atoms with Crippen LogP contribution in [0.4, 0.5) is 0 Å². The van der Waals surface area contributed by atoms with Crippen LogP contribution in [0.15, 0.2) is 65.1 Å². The molecule has 0 N–H and O–H groups in total. The van der Waals surface area contributed by atoms with Gasteiger partial charge in [-0.3, -0.25) is 4.79 Å². The topological polar surface area (TPSA) is 30.2 Å². The van der Waals surface area contributed by atoms with Crippen LogP contribution in [0.25, 0.3) is 11.3 Å². The molecule has 2 nitrogen and oxygen atoms in total. The van der Waals surface area contributed by atoms with Crippen molar-refractivity contribution in [1.29, 1.82) is 0 Å². The molecule has 2 aromatic carbocycles. The van der Waals surface area contributed by atoms with E-state index in [1.165, 1.54) is 0 Å². The average molecular weight is 276 g/mol. The molecular weight excluding hydrogens is 260 g/mol. The molecule has 0 unspecified atom stereocenters. The second kappa shape index (κ2) is 5.41. The molecule has 0 aliphatic carbocycles. The zero-order valence-electron chi connectivity index (χ0n) is 12.1. The lowest BCUT2D eigenvalue weighted by atomic mass is 10.0. The van der Waals surface area contributed by atoms with Crippen LogP contribution >= 0.6 is 0 Å². The number of carbonyl (C=O) groups is 1. The van der Waals surface area contributed by atoms with Crippen LogP contribution in [0, 0.1) is 13.8 Å². The second-order valence-electron chi connectivity index (χ2n) is 5.14. The van der Waals surface area contributed by atoms with Gasteiger partial charge in [-0.2, -0.15) is 0 Å². The van der Waals surface area contributed by atoms with Crippen molar-refractivity contribution in [3.8, 4) is 11.3 Å². The third-order valence-electron chi connectivity index (χ3n) is 3.53. The fourth-order valence-corrected chi connectivity index (χ4v) is 2.31. The first-order chi connectivity index (χ1) is 10.1. The summed E-state index contributed by atoms with van der Waals surface area (Å²) < 4.78 is 5.75. The van der Waals surface area contributed by atoms with Crippen molar-refractivity contribution in [2.45, 2.75) is 13.8 Å². The van der Waals surface area contributed by atoms with Crippen LogP contribution in [0.1, 0.15) is 27.2 Å². The molecule has 1 aromatic heterocycles. The van der Waals surface area contributed by atoms with Crippen LogP contribution in [-0.2, 0) is 0 Å². The molecule has 2 heteroatoms. The molecule has 21 heavy (non-hydrogen) atoms. The molecule has 0 radical (unpaired) electrons. The summed E-state index contributed by atoms with van der Waals surface area (Å²) in [5.41, 5.74) is 3.42. The lowest BCUT2D eigenvalue weighted by Crippen LogP contribution is -2.01. The maximum absolute atomic E-state index is 12.6. The number of hydrogen-bond acceptors (Lipinski definition) is 2. The molecule has 104 valence electrons. The SMILES string of the molecule is Cc1ccc(C(=O)c2cc(-c3ccccc3)oc2C)cc1. The van der Waals surface area contributed by atoms with Crippen molar-refractivity contribution in [2.75, 3.05) is 0 Å². The molecule has 0 amide bonds. The molecule has 0 bridgehead atoms. The van der Waals surface area contributed by atoms with Crippen LogP contribution in [0.2, 0.25) is 0 Å². The first-order valence-electron chi connectivity index (χ1n) is 6.92. The lowest BCUT2D eigenvalue weighted by molar-refractivity contribution is 0.103. The van der Waals surface area contributed by atoms with Crippen LogP contribution in [0.5, 0.6) is 0 Å². The van der Waals surface area contributed by atoms with E-state index in [0.29, 0.717) is 16.9 Å². The molecule has 0 fully saturated rings. The largest absolute Gasteiger partial charge is 0.461 e. The Balaban J connectivity index is 1.98. The monoisotopic (exact) mass is 276 g/mol. The summed E-state index contributed by atoms with van der Waals surface area (Å²) >= 11 is 0. The molecule has 0 saturated carbocycles. The maximum atomic E-state index is 12.6. The number of rotatable bonds is 3. The second-order valence-corrected chi connectivity index (χ2v) is 5.14. The third kappa shape index (κ3) is 2.65. The average Bonchev–Trinajstić information content (AvgIpc) is 2.90. The Morgan fingerprint density at radius 3 is 2.24 bits per heavy atom. The minimum atomic E-state index is -0.00145. The smallest absolute Gasteiger partial charge is 0.196 e. The molecule has 0 aliphatic heterocycles. The first kappa shape index (κ1) is 13.4. The van der Waals surface area contributed by atoms with Gasteiger partial charge in [0.05, 0.1) is 5.56 Å². The van der Waals surface area contributed by atoms with Gasteiger partial charge in [0.2, 0.25) is 0 Å². The number of aryl methyl sites for hydroxylation is 2. The highest BCUT2D eigenvalue weighted by atomic mass is 16.3. The number of furan rings is 1. The van der Waals surface area contributed by atoms with E-state index in [2.05, 4.69) is 0 Å². The molecule has 0 saturated heterocycles. The quantitative estimate of drug-likeness (QED) is 0.643. The van der Waals surface area contributed by atoms with Crippen molar-refractivity contribution in [2.24, 2.45) is 0 Å². The molecule has 3 aromatic rings. The van der Waals surface area contributed by atoms with Gasteiger partial charge in [0.1, 0.15) is 11.5 Å². The van der Waals surface area contributed by atoms with Gasteiger partial charge in [-0.25, -0.2) is 0 Å². The van der Waals surface area contributed by atoms with E-state index in [4.69, 9.17) is 4.42 Å². The van der Waals surface area contributed by atoms with E-state index in [1.54, 1.807) is 0 Å². The van der Waals surface area contributed by atoms with Gasteiger partial charge in [-0.1, -0.05) is 60.2 Å². The Kier molecular flexibility index (Phi) is 3.44. The summed E-state index contributed by atoms with van der Waals surface area (Å²) in [6.07, 6.45) is 0. The first-order valence-corrected chi connectivity index (χ1v) is 6.92. The summed E-state index contributed by atoms with van der Waals surface area (Å²) in [7, 11) is 0. The summed E-state index contributed by atoms with van der Waals surface area (Å²) in [4.78, 5) is 12.6. The molecular formula is C19H16O2. The Morgan fingerprint density at radius 2 is 1.57 bits per heavy atom. The standard InChI is InChI=1S/C19H16O2/c1-13-8-10-16(11-9-13)19(20)17-12-18(21-14(17)2)15-6-4-3-5-7-15/h3-12H,1-2H3. The van der Waals surface area contributed by atoms with Crippen LogP contribution in [-0.4, -0.2) is 5.78 Å².